The summed E-state index contributed by atoms with van der Waals surface area (Å²) in [6, 6.07) is 10.6. The average Bonchev–Trinajstić information content (AvgIpc) is 3.05. The van der Waals surface area contributed by atoms with Crippen LogP contribution in [0.2, 0.25) is 0 Å². The number of benzene rings is 2. The van der Waals surface area contributed by atoms with Crippen LogP contribution < -0.4 is 0 Å². The molecule has 0 saturated heterocycles. The molecule has 0 saturated carbocycles. The van der Waals surface area contributed by atoms with Gasteiger partial charge >= 0.3 is 0 Å². The number of nitrogens with zero attached hydrogens (tertiary/aromatic N) is 5. The van der Waals surface area contributed by atoms with Crippen LogP contribution in [0.3, 0.4) is 0 Å². The van der Waals surface area contributed by atoms with Gasteiger partial charge in [-0.2, -0.15) is 5.10 Å². The largest absolute Gasteiger partial charge is 0.367 e. The van der Waals surface area contributed by atoms with E-state index in [9.17, 15) is 18.5 Å². The Morgan fingerprint density at radius 2 is 1.83 bits per heavy atom. The lowest BCUT2D eigenvalue weighted by molar-refractivity contribution is -0.383. The van der Waals surface area contributed by atoms with Gasteiger partial charge in [-0.1, -0.05) is 6.07 Å². The zero-order valence-electron chi connectivity index (χ0n) is 15.4. The standard InChI is InChI=1S/C18H16IN5O4S/c1-22(2)12-21-20-10-13-11-23(16-4-3-5-17(18(13)16)24(25)26)29(27,28)15-8-6-14(19)7-9-15/h3-12H,1-2H3/b20-10+,21-12+. The molecule has 1 aromatic heterocycles. The molecule has 9 nitrogen and oxygen atoms in total. The first-order valence-corrected chi connectivity index (χ1v) is 10.8. The number of hydrogen-bond donors (Lipinski definition) is 0. The third-order valence-corrected chi connectivity index (χ3v) is 6.32. The van der Waals surface area contributed by atoms with Crippen LogP contribution >= 0.6 is 22.6 Å². The minimum absolute atomic E-state index is 0.0791. The zero-order valence-corrected chi connectivity index (χ0v) is 18.4. The summed E-state index contributed by atoms with van der Waals surface area (Å²) in [5.41, 5.74) is 0.255. The Bertz CT molecular complexity index is 1230. The van der Waals surface area contributed by atoms with Crippen molar-refractivity contribution in [3.05, 3.63) is 67.9 Å². The van der Waals surface area contributed by atoms with Gasteiger partial charge in [0.25, 0.3) is 15.7 Å². The van der Waals surface area contributed by atoms with Crippen LogP contribution in [0.4, 0.5) is 5.69 Å². The van der Waals surface area contributed by atoms with Crippen LogP contribution in [0.1, 0.15) is 5.56 Å². The van der Waals surface area contributed by atoms with Crippen molar-refractivity contribution in [1.29, 1.82) is 0 Å². The van der Waals surface area contributed by atoms with E-state index in [-0.39, 0.29) is 27.0 Å². The summed E-state index contributed by atoms with van der Waals surface area (Å²) < 4.78 is 28.3. The number of rotatable bonds is 6. The Balaban J connectivity index is 2.25. The fourth-order valence-electron chi connectivity index (χ4n) is 2.67. The lowest BCUT2D eigenvalue weighted by Gasteiger charge is -2.07. The SMILES string of the molecule is CN(C)/C=N/N=C/c1cn(S(=O)(=O)c2ccc(I)cc2)c2cccc([N+](=O)[O-])c12. The van der Waals surface area contributed by atoms with Gasteiger partial charge in [-0.3, -0.25) is 10.1 Å². The van der Waals surface area contributed by atoms with Crippen LogP contribution in [0.5, 0.6) is 0 Å². The van der Waals surface area contributed by atoms with Crippen molar-refractivity contribution in [3.8, 4) is 0 Å². The number of fused-ring (bicyclic) bond motifs is 1. The summed E-state index contributed by atoms with van der Waals surface area (Å²) in [6.45, 7) is 0. The molecule has 0 aliphatic heterocycles. The number of halogens is 1. The van der Waals surface area contributed by atoms with E-state index < -0.39 is 14.9 Å². The Morgan fingerprint density at radius 1 is 1.14 bits per heavy atom. The molecule has 0 bridgehead atoms. The number of non-ortho nitro benzene ring substituents is 1. The number of nitro benzene ring substituents is 1. The second kappa shape index (κ2) is 8.29. The lowest BCUT2D eigenvalue weighted by Crippen LogP contribution is -2.11. The van der Waals surface area contributed by atoms with Crippen molar-refractivity contribution in [2.24, 2.45) is 10.2 Å². The monoisotopic (exact) mass is 525 g/mol. The van der Waals surface area contributed by atoms with E-state index >= 15 is 0 Å². The molecule has 0 atom stereocenters. The maximum atomic E-state index is 13.2. The molecule has 0 aliphatic carbocycles. The second-order valence-corrected chi connectivity index (χ2v) is 9.27. The van der Waals surface area contributed by atoms with E-state index in [2.05, 4.69) is 32.8 Å². The molecule has 0 fully saturated rings. The van der Waals surface area contributed by atoms with E-state index in [0.29, 0.717) is 0 Å². The Kier molecular flexibility index (Phi) is 5.98. The first-order valence-electron chi connectivity index (χ1n) is 8.24. The van der Waals surface area contributed by atoms with Gasteiger partial charge in [0.05, 0.1) is 26.9 Å². The molecule has 150 valence electrons. The highest BCUT2D eigenvalue weighted by atomic mass is 127. The third kappa shape index (κ3) is 4.29. The summed E-state index contributed by atoms with van der Waals surface area (Å²) in [7, 11) is -0.431. The predicted octanol–water partition coefficient (Wildman–Crippen LogP) is 3.31. The molecule has 2 aromatic carbocycles. The first kappa shape index (κ1) is 20.9. The zero-order chi connectivity index (χ0) is 21.2. The molecule has 0 N–H and O–H groups in total. The average molecular weight is 525 g/mol. The number of hydrogen-bond acceptors (Lipinski definition) is 6. The first-order chi connectivity index (χ1) is 13.7. The summed E-state index contributed by atoms with van der Waals surface area (Å²) in [5.74, 6) is 0. The molecule has 29 heavy (non-hydrogen) atoms. The Labute approximate surface area is 180 Å². The van der Waals surface area contributed by atoms with Gasteiger partial charge in [0.2, 0.25) is 0 Å². The fourth-order valence-corrected chi connectivity index (χ4v) is 4.40. The van der Waals surface area contributed by atoms with E-state index in [1.807, 2.05) is 0 Å². The van der Waals surface area contributed by atoms with Crippen molar-refractivity contribution < 1.29 is 13.3 Å². The highest BCUT2D eigenvalue weighted by Gasteiger charge is 2.25. The van der Waals surface area contributed by atoms with E-state index in [1.165, 1.54) is 49.1 Å². The van der Waals surface area contributed by atoms with Crippen molar-refractivity contribution in [2.75, 3.05) is 14.1 Å². The maximum Gasteiger partial charge on any atom is 0.279 e. The molecule has 0 unspecified atom stereocenters. The molecule has 3 rings (SSSR count). The fraction of sp³-hybridized carbons (Fsp3) is 0.111. The second-order valence-electron chi connectivity index (χ2n) is 6.21. The number of aromatic nitrogens is 1. The summed E-state index contributed by atoms with van der Waals surface area (Å²) in [4.78, 5) is 12.7. The summed E-state index contributed by atoms with van der Waals surface area (Å²) in [5, 5.41) is 19.4. The molecule has 3 aromatic rings. The highest BCUT2D eigenvalue weighted by molar-refractivity contribution is 14.1. The molecule has 11 heteroatoms. The van der Waals surface area contributed by atoms with Crippen molar-refractivity contribution in [2.45, 2.75) is 4.90 Å². The van der Waals surface area contributed by atoms with Gasteiger partial charge in [-0.15, -0.1) is 5.10 Å². The summed E-state index contributed by atoms with van der Waals surface area (Å²) >= 11 is 2.08. The van der Waals surface area contributed by atoms with Gasteiger partial charge in [0.15, 0.2) is 0 Å². The van der Waals surface area contributed by atoms with Gasteiger partial charge in [0, 0.05) is 35.5 Å². The Hall–Kier alpha value is -2.80. The molecular formula is C18H16IN5O4S. The van der Waals surface area contributed by atoms with E-state index in [1.54, 1.807) is 31.1 Å². The molecular weight excluding hydrogens is 509 g/mol. The van der Waals surface area contributed by atoms with Crippen LogP contribution in [-0.4, -0.2) is 48.9 Å². The van der Waals surface area contributed by atoms with Gasteiger partial charge in [-0.25, -0.2) is 12.4 Å². The smallest absolute Gasteiger partial charge is 0.279 e. The van der Waals surface area contributed by atoms with Crippen molar-refractivity contribution in [1.82, 2.24) is 8.87 Å². The predicted molar refractivity (Wildman–Crippen MR) is 120 cm³/mol. The minimum Gasteiger partial charge on any atom is -0.367 e. The van der Waals surface area contributed by atoms with Gasteiger partial charge < -0.3 is 4.90 Å². The lowest BCUT2D eigenvalue weighted by atomic mass is 10.1. The van der Waals surface area contributed by atoms with Gasteiger partial charge in [-0.05, 0) is 52.9 Å². The van der Waals surface area contributed by atoms with Crippen LogP contribution in [0, 0.1) is 13.7 Å². The van der Waals surface area contributed by atoms with Crippen molar-refractivity contribution in [3.63, 3.8) is 0 Å². The molecule has 0 amide bonds. The number of nitro groups is 1. The molecule has 0 radical (unpaired) electrons. The minimum atomic E-state index is -3.97. The third-order valence-electron chi connectivity index (χ3n) is 3.92. The van der Waals surface area contributed by atoms with E-state index in [0.717, 1.165) is 7.54 Å². The normalized spacial score (nSPS) is 12.2. The molecule has 0 aliphatic rings. The topological polar surface area (TPSA) is 110 Å². The van der Waals surface area contributed by atoms with Crippen LogP contribution in [0.25, 0.3) is 10.9 Å². The quantitative estimate of drug-likeness (QED) is 0.161. The maximum absolute atomic E-state index is 13.2. The van der Waals surface area contributed by atoms with Crippen LogP contribution in [0.15, 0.2) is 63.8 Å². The van der Waals surface area contributed by atoms with Crippen molar-refractivity contribution >= 4 is 61.8 Å². The van der Waals surface area contributed by atoms with Crippen LogP contribution in [-0.2, 0) is 10.0 Å². The highest BCUT2D eigenvalue weighted by Crippen LogP contribution is 2.32. The molecule has 1 heterocycles. The van der Waals surface area contributed by atoms with E-state index in [4.69, 9.17) is 0 Å². The molecule has 0 spiro atoms. The summed E-state index contributed by atoms with van der Waals surface area (Å²) in [6.07, 6.45) is 4.07. The Morgan fingerprint density at radius 3 is 2.45 bits per heavy atom. The van der Waals surface area contributed by atoms with Gasteiger partial charge in [0.1, 0.15) is 6.34 Å².